The highest BCUT2D eigenvalue weighted by Crippen LogP contribution is 2.20. The second-order valence-corrected chi connectivity index (χ2v) is 5.31. The van der Waals surface area contributed by atoms with E-state index in [1.165, 1.54) is 25.8 Å². The highest BCUT2D eigenvalue weighted by Gasteiger charge is 2.14. The van der Waals surface area contributed by atoms with Crippen LogP contribution in [0.3, 0.4) is 0 Å². The van der Waals surface area contributed by atoms with Crippen LogP contribution in [0.1, 0.15) is 37.3 Å². The van der Waals surface area contributed by atoms with Crippen molar-refractivity contribution in [2.24, 2.45) is 5.92 Å². The molecule has 3 nitrogen and oxygen atoms in total. The van der Waals surface area contributed by atoms with Gasteiger partial charge in [-0.3, -0.25) is 0 Å². The van der Waals surface area contributed by atoms with Crippen molar-refractivity contribution in [1.82, 2.24) is 10.3 Å². The number of ether oxygens (including phenoxy) is 1. The van der Waals surface area contributed by atoms with E-state index in [0.29, 0.717) is 0 Å². The van der Waals surface area contributed by atoms with Crippen LogP contribution < -0.4 is 5.32 Å². The monoisotopic (exact) mass is 240 g/mol. The molecule has 1 aliphatic heterocycles. The van der Waals surface area contributed by atoms with Crippen LogP contribution in [0.4, 0.5) is 0 Å². The quantitative estimate of drug-likeness (QED) is 0.859. The summed E-state index contributed by atoms with van der Waals surface area (Å²) in [6.45, 7) is 5.28. The predicted molar refractivity (Wildman–Crippen MR) is 66.7 cm³/mol. The van der Waals surface area contributed by atoms with Gasteiger partial charge >= 0.3 is 0 Å². The second kappa shape index (κ2) is 6.33. The SMILES string of the molecule is C[C@@H](OCC[C@@H]1CCCNC1)c1nccs1. The molecule has 0 aliphatic carbocycles. The topological polar surface area (TPSA) is 34.1 Å². The van der Waals surface area contributed by atoms with Crippen LogP contribution in [0.5, 0.6) is 0 Å². The molecule has 1 aromatic rings. The fourth-order valence-corrected chi connectivity index (χ4v) is 2.73. The van der Waals surface area contributed by atoms with Gasteiger partial charge in [0.25, 0.3) is 0 Å². The summed E-state index contributed by atoms with van der Waals surface area (Å²) in [7, 11) is 0. The fraction of sp³-hybridized carbons (Fsp3) is 0.750. The van der Waals surface area contributed by atoms with Gasteiger partial charge in [-0.15, -0.1) is 11.3 Å². The Bertz CT molecular complexity index is 283. The summed E-state index contributed by atoms with van der Waals surface area (Å²) in [6.07, 6.45) is 5.82. The van der Waals surface area contributed by atoms with Crippen molar-refractivity contribution in [3.63, 3.8) is 0 Å². The Labute approximate surface area is 101 Å². The van der Waals surface area contributed by atoms with Crippen molar-refractivity contribution in [3.8, 4) is 0 Å². The fourth-order valence-electron chi connectivity index (χ4n) is 2.09. The average Bonchev–Trinajstić information content (AvgIpc) is 2.84. The Hall–Kier alpha value is -0.450. The van der Waals surface area contributed by atoms with Crippen molar-refractivity contribution in [2.45, 2.75) is 32.3 Å². The Morgan fingerprint density at radius 1 is 1.69 bits per heavy atom. The molecule has 0 spiro atoms. The molecule has 0 unspecified atom stereocenters. The lowest BCUT2D eigenvalue weighted by Gasteiger charge is -2.23. The summed E-state index contributed by atoms with van der Waals surface area (Å²) >= 11 is 1.67. The number of thiazole rings is 1. The van der Waals surface area contributed by atoms with Gasteiger partial charge in [-0.25, -0.2) is 4.98 Å². The Morgan fingerprint density at radius 3 is 3.31 bits per heavy atom. The highest BCUT2D eigenvalue weighted by atomic mass is 32.1. The lowest BCUT2D eigenvalue weighted by Crippen LogP contribution is -2.30. The summed E-state index contributed by atoms with van der Waals surface area (Å²) < 4.78 is 5.81. The maximum atomic E-state index is 5.81. The summed E-state index contributed by atoms with van der Waals surface area (Å²) in [4.78, 5) is 4.26. The molecule has 0 saturated carbocycles. The van der Waals surface area contributed by atoms with Crippen LogP contribution in [0.2, 0.25) is 0 Å². The third-order valence-electron chi connectivity index (χ3n) is 3.09. The minimum absolute atomic E-state index is 0.150. The molecule has 4 heteroatoms. The minimum Gasteiger partial charge on any atom is -0.371 e. The molecule has 16 heavy (non-hydrogen) atoms. The Balaban J connectivity index is 1.63. The van der Waals surface area contributed by atoms with Crippen LogP contribution in [-0.4, -0.2) is 24.7 Å². The van der Waals surface area contributed by atoms with E-state index in [1.807, 2.05) is 11.6 Å². The zero-order valence-electron chi connectivity index (χ0n) is 9.82. The van der Waals surface area contributed by atoms with Gasteiger partial charge < -0.3 is 10.1 Å². The molecular weight excluding hydrogens is 220 g/mol. The van der Waals surface area contributed by atoms with E-state index in [1.54, 1.807) is 11.3 Å². The van der Waals surface area contributed by atoms with Crippen LogP contribution in [0.15, 0.2) is 11.6 Å². The number of hydrogen-bond acceptors (Lipinski definition) is 4. The van der Waals surface area contributed by atoms with Gasteiger partial charge in [0.15, 0.2) is 0 Å². The van der Waals surface area contributed by atoms with Crippen LogP contribution in [0, 0.1) is 5.92 Å². The number of nitrogens with zero attached hydrogens (tertiary/aromatic N) is 1. The maximum absolute atomic E-state index is 5.81. The van der Waals surface area contributed by atoms with Gasteiger partial charge in [-0.1, -0.05) is 0 Å². The van der Waals surface area contributed by atoms with E-state index >= 15 is 0 Å². The van der Waals surface area contributed by atoms with Gasteiger partial charge in [-0.05, 0) is 45.2 Å². The summed E-state index contributed by atoms with van der Waals surface area (Å²) in [5.74, 6) is 0.803. The zero-order chi connectivity index (χ0) is 11.2. The summed E-state index contributed by atoms with van der Waals surface area (Å²) in [6, 6.07) is 0. The van der Waals surface area contributed by atoms with Crippen LogP contribution in [-0.2, 0) is 4.74 Å². The Kier molecular flexibility index (Phi) is 4.75. The molecule has 1 saturated heterocycles. The van der Waals surface area contributed by atoms with Crippen molar-refractivity contribution >= 4 is 11.3 Å². The third kappa shape index (κ3) is 3.54. The van der Waals surface area contributed by atoms with Crippen molar-refractivity contribution in [1.29, 1.82) is 0 Å². The third-order valence-corrected chi connectivity index (χ3v) is 4.03. The normalized spacial score (nSPS) is 23.2. The van der Waals surface area contributed by atoms with Gasteiger partial charge in [0.2, 0.25) is 0 Å². The first kappa shape index (κ1) is 12.0. The van der Waals surface area contributed by atoms with E-state index < -0.39 is 0 Å². The first-order valence-corrected chi connectivity index (χ1v) is 6.96. The molecule has 1 aliphatic rings. The number of nitrogens with one attached hydrogen (secondary N) is 1. The first-order valence-electron chi connectivity index (χ1n) is 6.08. The van der Waals surface area contributed by atoms with Crippen LogP contribution in [0.25, 0.3) is 0 Å². The Morgan fingerprint density at radius 2 is 2.62 bits per heavy atom. The van der Waals surface area contributed by atoms with E-state index in [-0.39, 0.29) is 6.10 Å². The molecule has 1 N–H and O–H groups in total. The molecule has 90 valence electrons. The first-order chi connectivity index (χ1) is 7.86. The van der Waals surface area contributed by atoms with E-state index in [4.69, 9.17) is 4.74 Å². The molecule has 0 aromatic carbocycles. The van der Waals surface area contributed by atoms with Crippen molar-refractivity contribution < 1.29 is 4.74 Å². The van der Waals surface area contributed by atoms with E-state index in [9.17, 15) is 0 Å². The van der Waals surface area contributed by atoms with Gasteiger partial charge in [0, 0.05) is 18.2 Å². The van der Waals surface area contributed by atoms with Crippen molar-refractivity contribution in [3.05, 3.63) is 16.6 Å². The second-order valence-electron chi connectivity index (χ2n) is 4.38. The molecule has 0 radical (unpaired) electrons. The van der Waals surface area contributed by atoms with Crippen LogP contribution >= 0.6 is 11.3 Å². The number of hydrogen-bond donors (Lipinski definition) is 1. The molecule has 2 rings (SSSR count). The number of piperidine rings is 1. The molecule has 1 aromatic heterocycles. The summed E-state index contributed by atoms with van der Waals surface area (Å²) in [5, 5.41) is 6.52. The predicted octanol–water partition coefficient (Wildman–Crippen LogP) is 2.61. The molecule has 1 fully saturated rings. The molecule has 2 atom stereocenters. The number of rotatable bonds is 5. The van der Waals surface area contributed by atoms with Gasteiger partial charge in [0.05, 0.1) is 0 Å². The standard InChI is InChI=1S/C12H20N2OS/c1-10(12-14-6-8-16-12)15-7-4-11-3-2-5-13-9-11/h6,8,10-11,13H,2-5,7,9H2,1H3/t10-,11+/m1/s1. The number of aromatic nitrogens is 1. The molecular formula is C12H20N2OS. The highest BCUT2D eigenvalue weighted by molar-refractivity contribution is 7.09. The largest absolute Gasteiger partial charge is 0.371 e. The van der Waals surface area contributed by atoms with E-state index in [2.05, 4.69) is 17.2 Å². The lowest BCUT2D eigenvalue weighted by molar-refractivity contribution is 0.0537. The van der Waals surface area contributed by atoms with E-state index in [0.717, 1.165) is 24.1 Å². The molecule has 0 bridgehead atoms. The maximum Gasteiger partial charge on any atom is 0.121 e. The van der Waals surface area contributed by atoms with Gasteiger partial charge in [0.1, 0.15) is 11.1 Å². The minimum atomic E-state index is 0.150. The molecule has 2 heterocycles. The van der Waals surface area contributed by atoms with Gasteiger partial charge in [-0.2, -0.15) is 0 Å². The molecule has 0 amide bonds. The van der Waals surface area contributed by atoms with Crippen molar-refractivity contribution in [2.75, 3.05) is 19.7 Å². The zero-order valence-corrected chi connectivity index (χ0v) is 10.6. The smallest absolute Gasteiger partial charge is 0.121 e. The average molecular weight is 240 g/mol. The summed E-state index contributed by atoms with van der Waals surface area (Å²) in [5.41, 5.74) is 0. The lowest BCUT2D eigenvalue weighted by atomic mass is 9.97.